The average Bonchev–Trinajstić information content (AvgIpc) is 2.95. The lowest BCUT2D eigenvalue weighted by molar-refractivity contribution is -0.120. The van der Waals surface area contributed by atoms with E-state index in [0.717, 1.165) is 44.3 Å². The topological polar surface area (TPSA) is 52.7 Å². The zero-order chi connectivity index (χ0) is 21.1. The molecule has 0 bridgehead atoms. The lowest BCUT2D eigenvalue weighted by atomic mass is 9.56. The van der Waals surface area contributed by atoms with E-state index in [2.05, 4.69) is 5.32 Å². The highest BCUT2D eigenvalue weighted by Crippen LogP contribution is 2.53. The van der Waals surface area contributed by atoms with E-state index in [0.29, 0.717) is 25.4 Å². The maximum atomic E-state index is 12.6. The van der Waals surface area contributed by atoms with Crippen molar-refractivity contribution in [1.82, 2.24) is 15.1 Å². The number of nitrogens with one attached hydrogen (secondary N) is 1. The van der Waals surface area contributed by atoms with Crippen LogP contribution in [0.2, 0.25) is 0 Å². The molecule has 4 aliphatic rings. The molecule has 1 N–H and O–H groups in total. The minimum Gasteiger partial charge on any atom is -0.347 e. The van der Waals surface area contributed by atoms with Crippen molar-refractivity contribution in [3.05, 3.63) is 29.8 Å². The number of urea groups is 1. The number of hydrogen-bond acceptors (Lipinski definition) is 3. The number of nitrogens with zero attached hydrogens (tertiary/aromatic N) is 2. The van der Waals surface area contributed by atoms with E-state index in [-0.39, 0.29) is 39.5 Å². The van der Waals surface area contributed by atoms with Crippen LogP contribution in [0.4, 0.5) is 18.0 Å². The van der Waals surface area contributed by atoms with Crippen molar-refractivity contribution < 1.29 is 22.8 Å². The summed E-state index contributed by atoms with van der Waals surface area (Å²) < 4.78 is 37.7. The molecule has 1 saturated carbocycles. The fourth-order valence-electron chi connectivity index (χ4n) is 5.70. The predicted molar refractivity (Wildman–Crippen MR) is 106 cm³/mol. The molecule has 0 radical (unpaired) electrons. The lowest BCUT2D eigenvalue weighted by Crippen LogP contribution is -2.73. The van der Waals surface area contributed by atoms with Crippen LogP contribution in [-0.4, -0.2) is 59.0 Å². The summed E-state index contributed by atoms with van der Waals surface area (Å²) in [6.07, 6.45) is 4.19. The van der Waals surface area contributed by atoms with Crippen molar-refractivity contribution in [2.45, 2.75) is 48.0 Å². The van der Waals surface area contributed by atoms with Crippen molar-refractivity contribution in [1.29, 1.82) is 0 Å². The smallest absolute Gasteiger partial charge is 0.347 e. The van der Waals surface area contributed by atoms with Crippen LogP contribution in [0.25, 0.3) is 0 Å². The number of alkyl halides is 3. The van der Waals surface area contributed by atoms with E-state index < -0.39 is 5.51 Å². The summed E-state index contributed by atoms with van der Waals surface area (Å²) in [5.41, 5.74) is -3.31. The molecule has 9 heteroatoms. The maximum Gasteiger partial charge on any atom is 0.446 e. The first kappa shape index (κ1) is 20.0. The molecule has 162 valence electrons. The Morgan fingerprint density at radius 3 is 2.50 bits per heavy atom. The Kier molecular flexibility index (Phi) is 4.54. The van der Waals surface area contributed by atoms with Crippen LogP contribution in [0.5, 0.6) is 0 Å². The Morgan fingerprint density at radius 2 is 1.87 bits per heavy atom. The maximum absolute atomic E-state index is 12.6. The molecule has 5 nitrogen and oxygen atoms in total. The summed E-state index contributed by atoms with van der Waals surface area (Å²) in [5.74, 6) is 0.544. The number of likely N-dealkylation sites (tertiary alicyclic amines) is 2. The molecule has 30 heavy (non-hydrogen) atoms. The Hall–Kier alpha value is -1.90. The highest BCUT2D eigenvalue weighted by molar-refractivity contribution is 8.00. The molecular formula is C21H24F3N3O2S. The molecule has 0 atom stereocenters. The number of carbonyl (C=O) groups is 2. The van der Waals surface area contributed by atoms with Crippen LogP contribution in [0.3, 0.4) is 0 Å². The molecule has 3 amide bonds. The predicted octanol–water partition coefficient (Wildman–Crippen LogP) is 3.64. The molecule has 4 fully saturated rings. The SMILES string of the molecule is O=C1CCC2(CN(C(=O)N3CC4(CC(Cc5cccc(SC(F)(F)F)c5)C4)C3)C2)N1. The number of rotatable bonds is 3. The molecule has 0 aromatic heterocycles. The van der Waals surface area contributed by atoms with Gasteiger partial charge < -0.3 is 15.1 Å². The second-order valence-electron chi connectivity index (χ2n) is 9.50. The van der Waals surface area contributed by atoms with Gasteiger partial charge in [-0.2, -0.15) is 13.2 Å². The van der Waals surface area contributed by atoms with Crippen molar-refractivity contribution in [3.63, 3.8) is 0 Å². The fraction of sp³-hybridized carbons (Fsp3) is 0.619. The molecule has 3 heterocycles. The van der Waals surface area contributed by atoms with Crippen LogP contribution in [0.1, 0.15) is 31.2 Å². The fourth-order valence-corrected chi connectivity index (χ4v) is 6.32. The average molecular weight is 440 g/mol. The molecule has 1 aromatic carbocycles. The molecule has 5 rings (SSSR count). The molecule has 1 aromatic rings. The zero-order valence-corrected chi connectivity index (χ0v) is 17.3. The van der Waals surface area contributed by atoms with E-state index in [1.165, 1.54) is 6.07 Å². The molecule has 3 aliphatic heterocycles. The van der Waals surface area contributed by atoms with Gasteiger partial charge in [0.1, 0.15) is 0 Å². The highest BCUT2D eigenvalue weighted by Gasteiger charge is 2.56. The summed E-state index contributed by atoms with van der Waals surface area (Å²) >= 11 is -0.0681. The first-order valence-electron chi connectivity index (χ1n) is 10.3. The summed E-state index contributed by atoms with van der Waals surface area (Å²) in [4.78, 5) is 28.0. The van der Waals surface area contributed by atoms with E-state index in [4.69, 9.17) is 0 Å². The van der Waals surface area contributed by atoms with E-state index in [1.807, 2.05) is 15.9 Å². The largest absolute Gasteiger partial charge is 0.446 e. The Labute approximate surface area is 177 Å². The van der Waals surface area contributed by atoms with Crippen LogP contribution < -0.4 is 5.32 Å². The van der Waals surface area contributed by atoms with Gasteiger partial charge in [0.2, 0.25) is 5.91 Å². The molecule has 2 spiro atoms. The van der Waals surface area contributed by atoms with Gasteiger partial charge in [0, 0.05) is 42.9 Å². The summed E-state index contributed by atoms with van der Waals surface area (Å²) in [5, 5.41) is 3.00. The van der Waals surface area contributed by atoms with Crippen molar-refractivity contribution >= 4 is 23.7 Å². The van der Waals surface area contributed by atoms with Gasteiger partial charge in [0.15, 0.2) is 0 Å². The zero-order valence-electron chi connectivity index (χ0n) is 16.5. The minimum atomic E-state index is -4.26. The quantitative estimate of drug-likeness (QED) is 0.732. The summed E-state index contributed by atoms with van der Waals surface area (Å²) in [6, 6.07) is 6.78. The number of hydrogen-bond donors (Lipinski definition) is 1. The van der Waals surface area contributed by atoms with E-state index in [9.17, 15) is 22.8 Å². The standard InChI is InChI=1S/C21H24F3N3O2S/c22-21(23,24)30-16-3-1-2-14(7-16)6-15-8-19(9-15)10-26(11-19)18(29)27-12-20(13-27)5-4-17(28)25-20/h1-3,7,15H,4-6,8-13H2,(H,25,28). The first-order valence-corrected chi connectivity index (χ1v) is 11.1. The molecule has 1 aliphatic carbocycles. The molecule has 3 saturated heterocycles. The van der Waals surface area contributed by atoms with Crippen LogP contribution in [0.15, 0.2) is 29.2 Å². The summed E-state index contributed by atoms with van der Waals surface area (Å²) in [6.45, 7) is 2.75. The second-order valence-corrected chi connectivity index (χ2v) is 10.6. The summed E-state index contributed by atoms with van der Waals surface area (Å²) in [7, 11) is 0. The van der Waals surface area contributed by atoms with Gasteiger partial charge in [-0.1, -0.05) is 12.1 Å². The van der Waals surface area contributed by atoms with Gasteiger partial charge in [-0.15, -0.1) is 0 Å². The Bertz CT molecular complexity index is 870. The van der Waals surface area contributed by atoms with Crippen LogP contribution in [-0.2, 0) is 11.2 Å². The third kappa shape index (κ3) is 3.76. The van der Waals surface area contributed by atoms with Crippen molar-refractivity contribution in [2.24, 2.45) is 11.3 Å². The van der Waals surface area contributed by atoms with Gasteiger partial charge in [-0.3, -0.25) is 4.79 Å². The highest BCUT2D eigenvalue weighted by atomic mass is 32.2. The number of carbonyl (C=O) groups excluding carboxylic acids is 2. The Balaban J connectivity index is 1.07. The third-order valence-corrected chi connectivity index (χ3v) is 7.64. The van der Waals surface area contributed by atoms with Crippen LogP contribution >= 0.6 is 11.8 Å². The number of amides is 3. The van der Waals surface area contributed by atoms with Gasteiger partial charge in [0.25, 0.3) is 0 Å². The van der Waals surface area contributed by atoms with E-state index in [1.54, 1.807) is 12.1 Å². The van der Waals surface area contributed by atoms with Crippen LogP contribution in [0, 0.1) is 11.3 Å². The second kappa shape index (κ2) is 6.80. The molecular weight excluding hydrogens is 415 g/mol. The number of benzene rings is 1. The number of thioether (sulfide) groups is 1. The van der Waals surface area contributed by atoms with Crippen molar-refractivity contribution in [3.8, 4) is 0 Å². The third-order valence-electron chi connectivity index (χ3n) is 6.92. The van der Waals surface area contributed by atoms with Crippen molar-refractivity contribution in [2.75, 3.05) is 26.2 Å². The van der Waals surface area contributed by atoms with Gasteiger partial charge in [-0.25, -0.2) is 4.79 Å². The van der Waals surface area contributed by atoms with E-state index >= 15 is 0 Å². The van der Waals surface area contributed by atoms with Gasteiger partial charge >= 0.3 is 11.5 Å². The molecule has 0 unspecified atom stereocenters. The first-order chi connectivity index (χ1) is 14.1. The minimum absolute atomic E-state index is 0.0627. The normalized spacial score (nSPS) is 24.4. The Morgan fingerprint density at radius 1 is 1.17 bits per heavy atom. The lowest BCUT2D eigenvalue weighted by Gasteiger charge is -2.61. The van der Waals surface area contributed by atoms with Gasteiger partial charge in [0.05, 0.1) is 5.54 Å². The number of halogens is 3. The monoisotopic (exact) mass is 439 g/mol. The van der Waals surface area contributed by atoms with Gasteiger partial charge in [-0.05, 0) is 61.1 Å².